The van der Waals surface area contributed by atoms with E-state index in [0.717, 1.165) is 0 Å². The van der Waals surface area contributed by atoms with Crippen LogP contribution in [0.1, 0.15) is 20.7 Å². The van der Waals surface area contributed by atoms with Gasteiger partial charge in [0.2, 0.25) is 0 Å². The van der Waals surface area contributed by atoms with Crippen LogP contribution in [-0.2, 0) is 0 Å². The highest BCUT2D eigenvalue weighted by Crippen LogP contribution is 2.35. The summed E-state index contributed by atoms with van der Waals surface area (Å²) in [5, 5.41) is 19.9. The summed E-state index contributed by atoms with van der Waals surface area (Å²) < 4.78 is 0. The molecule has 0 saturated heterocycles. The van der Waals surface area contributed by atoms with Crippen LogP contribution in [0.25, 0.3) is 44.8 Å². The highest BCUT2D eigenvalue weighted by atomic mass is 35.5. The quantitative estimate of drug-likeness (QED) is 0.158. The van der Waals surface area contributed by atoms with Crippen molar-refractivity contribution in [2.45, 2.75) is 0 Å². The Bertz CT molecular complexity index is 1750. The van der Waals surface area contributed by atoms with Crippen molar-refractivity contribution in [3.63, 3.8) is 0 Å². The van der Waals surface area contributed by atoms with Crippen LogP contribution in [0.2, 0.25) is 20.1 Å². The smallest absolute Gasteiger partial charge is 0.335 e. The number of hydrogen-bond donors (Lipinski definition) is 4. The lowest BCUT2D eigenvalue weighted by Crippen LogP contribution is -1.94. The first kappa shape index (κ1) is 27.5. The summed E-state index contributed by atoms with van der Waals surface area (Å²) in [5.41, 5.74) is 4.14. The Labute approximate surface area is 246 Å². The second-order valence-corrected chi connectivity index (χ2v) is 10.1. The maximum Gasteiger partial charge on any atom is 0.335 e. The molecule has 0 unspecified atom stereocenters. The van der Waals surface area contributed by atoms with Gasteiger partial charge in [0.15, 0.2) is 0 Å². The summed E-state index contributed by atoms with van der Waals surface area (Å²) in [5.74, 6) is -0.950. The average molecular weight is 614 g/mol. The zero-order chi connectivity index (χ0) is 28.6. The molecule has 0 spiro atoms. The van der Waals surface area contributed by atoms with Crippen LogP contribution in [0.3, 0.4) is 0 Å². The maximum atomic E-state index is 11.0. The fraction of sp³-hybridized carbons (Fsp3) is 0. The molecule has 0 atom stereocenters. The normalized spacial score (nSPS) is 10.9. The number of H-pyrrole nitrogens is 2. The van der Waals surface area contributed by atoms with Gasteiger partial charge in [0.1, 0.15) is 11.6 Å². The van der Waals surface area contributed by atoms with Crippen LogP contribution in [0.5, 0.6) is 0 Å². The zero-order valence-electron chi connectivity index (χ0n) is 20.0. The Morgan fingerprint density at radius 1 is 0.575 bits per heavy atom. The standard InChI is InChI=1S/2C14H8Cl2N2O2/c2*15-8-2-1-3-9(16)12(8)13-17-10-5-4-7(14(19)20)6-11(10)18-13/h2*1-6H,(H,17,18)(H,19,20). The van der Waals surface area contributed by atoms with Crippen LogP contribution in [0, 0.1) is 0 Å². The highest BCUT2D eigenvalue weighted by molar-refractivity contribution is 6.39. The van der Waals surface area contributed by atoms with Crippen molar-refractivity contribution < 1.29 is 19.8 Å². The van der Waals surface area contributed by atoms with Crippen LogP contribution in [0.4, 0.5) is 0 Å². The third kappa shape index (κ3) is 5.48. The van der Waals surface area contributed by atoms with E-state index in [9.17, 15) is 9.59 Å². The zero-order valence-corrected chi connectivity index (χ0v) is 23.1. The van der Waals surface area contributed by atoms with Crippen molar-refractivity contribution >= 4 is 80.4 Å². The molecule has 6 aromatic rings. The molecule has 40 heavy (non-hydrogen) atoms. The van der Waals surface area contributed by atoms with E-state index in [1.165, 1.54) is 24.3 Å². The summed E-state index contributed by atoms with van der Waals surface area (Å²) in [4.78, 5) is 36.8. The average Bonchev–Trinajstić information content (AvgIpc) is 3.51. The van der Waals surface area contributed by atoms with E-state index >= 15 is 0 Å². The molecule has 200 valence electrons. The Balaban J connectivity index is 0.000000161. The van der Waals surface area contributed by atoms with Crippen molar-refractivity contribution in [2.75, 3.05) is 0 Å². The van der Waals surface area contributed by atoms with Crippen molar-refractivity contribution in [1.29, 1.82) is 0 Å². The molecule has 0 saturated carbocycles. The predicted octanol–water partition coefficient (Wildman–Crippen LogP) is 8.47. The Hall–Kier alpha value is -4.08. The molecular weight excluding hydrogens is 598 g/mol. The summed E-state index contributed by atoms with van der Waals surface area (Å²) in [7, 11) is 0. The van der Waals surface area contributed by atoms with E-state index in [2.05, 4.69) is 19.9 Å². The Morgan fingerprint density at radius 2 is 0.925 bits per heavy atom. The maximum absolute atomic E-state index is 11.0. The number of nitrogens with one attached hydrogen (secondary N) is 2. The van der Waals surface area contributed by atoms with E-state index < -0.39 is 11.9 Å². The van der Waals surface area contributed by atoms with Gasteiger partial charge in [-0.25, -0.2) is 19.6 Å². The molecule has 0 radical (unpaired) electrons. The van der Waals surface area contributed by atoms with Gasteiger partial charge in [0.25, 0.3) is 0 Å². The number of carboxylic acids is 2. The molecule has 4 N–H and O–H groups in total. The number of fused-ring (bicyclic) bond motifs is 2. The van der Waals surface area contributed by atoms with Gasteiger partial charge in [-0.15, -0.1) is 0 Å². The van der Waals surface area contributed by atoms with Gasteiger partial charge < -0.3 is 20.2 Å². The number of carboxylic acid groups (broad SMARTS) is 2. The third-order valence-corrected chi connectivity index (χ3v) is 7.12. The van der Waals surface area contributed by atoms with Gasteiger partial charge in [0.05, 0.1) is 64.4 Å². The van der Waals surface area contributed by atoms with E-state index in [0.29, 0.717) is 64.9 Å². The molecule has 0 aliphatic carbocycles. The van der Waals surface area contributed by atoms with Crippen LogP contribution < -0.4 is 0 Å². The fourth-order valence-electron chi connectivity index (χ4n) is 3.97. The Kier molecular flexibility index (Phi) is 7.69. The van der Waals surface area contributed by atoms with E-state index in [-0.39, 0.29) is 11.1 Å². The van der Waals surface area contributed by atoms with Gasteiger partial charge in [-0.1, -0.05) is 58.5 Å². The minimum Gasteiger partial charge on any atom is -0.478 e. The molecule has 2 aromatic heterocycles. The lowest BCUT2D eigenvalue weighted by atomic mass is 10.2. The van der Waals surface area contributed by atoms with Gasteiger partial charge in [-0.2, -0.15) is 0 Å². The van der Waals surface area contributed by atoms with Gasteiger partial charge in [-0.3, -0.25) is 0 Å². The van der Waals surface area contributed by atoms with Crippen molar-refractivity contribution in [1.82, 2.24) is 19.9 Å². The number of rotatable bonds is 4. The number of nitrogens with zero attached hydrogens (tertiary/aromatic N) is 2. The van der Waals surface area contributed by atoms with Crippen molar-refractivity contribution in [2.24, 2.45) is 0 Å². The van der Waals surface area contributed by atoms with Gasteiger partial charge >= 0.3 is 11.9 Å². The lowest BCUT2D eigenvalue weighted by molar-refractivity contribution is 0.0686. The highest BCUT2D eigenvalue weighted by Gasteiger charge is 2.15. The van der Waals surface area contributed by atoms with E-state index in [1.54, 1.807) is 48.5 Å². The second-order valence-electron chi connectivity index (χ2n) is 8.44. The predicted molar refractivity (Wildman–Crippen MR) is 157 cm³/mol. The number of halogens is 4. The minimum atomic E-state index is -0.987. The number of aromatic nitrogens is 4. The molecule has 0 aliphatic rings. The summed E-state index contributed by atoms with van der Waals surface area (Å²) >= 11 is 24.5. The molecule has 8 nitrogen and oxygen atoms in total. The lowest BCUT2D eigenvalue weighted by Gasteiger charge is -2.02. The minimum absolute atomic E-state index is 0.193. The SMILES string of the molecule is O=C(O)c1ccc2nc(-c3c(Cl)cccc3Cl)[nH]c2c1.O=C(O)c1ccc2nc(-c3c(Cl)cccc3Cl)[nH]c2c1. The first-order chi connectivity index (χ1) is 19.1. The number of benzene rings is 4. The fourth-order valence-corrected chi connectivity index (χ4v) is 5.12. The molecule has 0 aliphatic heterocycles. The molecule has 6 rings (SSSR count). The second kappa shape index (κ2) is 11.2. The molecular formula is C28H16Cl4N4O4. The number of carbonyl (C=O) groups is 2. The van der Waals surface area contributed by atoms with Crippen molar-refractivity contribution in [3.8, 4) is 22.8 Å². The van der Waals surface area contributed by atoms with Gasteiger partial charge in [0, 0.05) is 0 Å². The number of aromatic carboxylic acids is 2. The monoisotopic (exact) mass is 612 g/mol. The van der Waals surface area contributed by atoms with Crippen LogP contribution in [-0.4, -0.2) is 42.1 Å². The first-order valence-electron chi connectivity index (χ1n) is 11.5. The molecule has 2 heterocycles. The molecule has 12 heteroatoms. The summed E-state index contributed by atoms with van der Waals surface area (Å²) in [6, 6.07) is 19.7. The van der Waals surface area contributed by atoms with E-state index in [4.69, 9.17) is 56.6 Å². The molecule has 0 amide bonds. The van der Waals surface area contributed by atoms with Gasteiger partial charge in [-0.05, 0) is 60.7 Å². The largest absolute Gasteiger partial charge is 0.478 e. The molecule has 4 aromatic carbocycles. The van der Waals surface area contributed by atoms with E-state index in [1.807, 2.05) is 0 Å². The Morgan fingerprint density at radius 3 is 1.25 bits per heavy atom. The van der Waals surface area contributed by atoms with Crippen LogP contribution >= 0.6 is 46.4 Å². The number of hydrogen-bond acceptors (Lipinski definition) is 4. The first-order valence-corrected chi connectivity index (χ1v) is 13.0. The number of imidazole rings is 2. The topological polar surface area (TPSA) is 132 Å². The molecule has 0 bridgehead atoms. The molecule has 0 fully saturated rings. The van der Waals surface area contributed by atoms with Crippen molar-refractivity contribution in [3.05, 3.63) is 104 Å². The summed E-state index contributed by atoms with van der Waals surface area (Å²) in [6.45, 7) is 0. The number of aromatic amines is 2. The van der Waals surface area contributed by atoms with Crippen LogP contribution in [0.15, 0.2) is 72.8 Å². The third-order valence-electron chi connectivity index (χ3n) is 5.86. The summed E-state index contributed by atoms with van der Waals surface area (Å²) in [6.07, 6.45) is 0.